The van der Waals surface area contributed by atoms with E-state index in [1.165, 1.54) is 6.08 Å². The van der Waals surface area contributed by atoms with Crippen LogP contribution in [0.1, 0.15) is 16.7 Å². The van der Waals surface area contributed by atoms with Crippen molar-refractivity contribution >= 4 is 29.3 Å². The fraction of sp³-hybridized carbons (Fsp3) is 0.0455. The zero-order valence-electron chi connectivity index (χ0n) is 16.1. The number of hydrogen-bond donors (Lipinski definition) is 1. The minimum atomic E-state index is -0.304. The van der Waals surface area contributed by atoms with Crippen LogP contribution in [0.3, 0.4) is 0 Å². The molecule has 0 atom stereocenters. The van der Waals surface area contributed by atoms with Gasteiger partial charge in [-0.3, -0.25) is 14.5 Å². The van der Waals surface area contributed by atoms with Gasteiger partial charge in [0.15, 0.2) is 0 Å². The van der Waals surface area contributed by atoms with Gasteiger partial charge in [-0.25, -0.2) is 4.52 Å². The van der Waals surface area contributed by atoms with E-state index < -0.39 is 0 Å². The molecular formula is C22H17N7O. The van der Waals surface area contributed by atoms with Crippen LogP contribution in [0.4, 0.5) is 5.69 Å². The highest BCUT2D eigenvalue weighted by Crippen LogP contribution is 2.26. The standard InChI is InChI=1S/C22H17N7O/c1-3-21(30)27-20-6-15(9-24-12-20)4-5-16-7-17(19-11-25-28(2)13-19)14-29-22(16)18(8-23)10-26-29/h3-7,9-14H,1H2,2H3,(H,27,30)/b5-4+. The molecule has 8 heteroatoms. The SMILES string of the molecule is C=CC(=O)Nc1cncc(/C=C/c2cc(-c3cnn(C)c3)cn3ncc(C#N)c23)c1. The number of nitriles is 1. The van der Waals surface area contributed by atoms with Gasteiger partial charge in [-0.05, 0) is 23.8 Å². The quantitative estimate of drug-likeness (QED) is 0.523. The Hall–Kier alpha value is -4.51. The number of nitrogens with zero attached hydrogens (tertiary/aromatic N) is 6. The Kier molecular flexibility index (Phi) is 4.93. The van der Waals surface area contributed by atoms with E-state index in [0.717, 1.165) is 22.3 Å². The third-order valence-electron chi connectivity index (χ3n) is 4.47. The summed E-state index contributed by atoms with van der Waals surface area (Å²) in [5.74, 6) is -0.304. The zero-order chi connectivity index (χ0) is 21.1. The monoisotopic (exact) mass is 395 g/mol. The highest BCUT2D eigenvalue weighted by molar-refractivity contribution is 5.99. The summed E-state index contributed by atoms with van der Waals surface area (Å²) in [6.45, 7) is 3.44. The number of rotatable bonds is 5. The Labute approximate surface area is 172 Å². The van der Waals surface area contributed by atoms with Crippen LogP contribution in [0.15, 0.2) is 62.0 Å². The van der Waals surface area contributed by atoms with Crippen molar-refractivity contribution in [3.63, 3.8) is 0 Å². The van der Waals surface area contributed by atoms with Gasteiger partial charge in [0.05, 0.1) is 35.4 Å². The first kappa shape index (κ1) is 18.8. The second-order valence-electron chi connectivity index (χ2n) is 6.58. The third-order valence-corrected chi connectivity index (χ3v) is 4.47. The number of aromatic nitrogens is 5. The molecule has 4 rings (SSSR count). The number of anilines is 1. The van der Waals surface area contributed by atoms with Crippen molar-refractivity contribution in [1.82, 2.24) is 24.4 Å². The fourth-order valence-electron chi connectivity index (χ4n) is 3.09. The van der Waals surface area contributed by atoms with E-state index >= 15 is 0 Å². The van der Waals surface area contributed by atoms with E-state index in [0.29, 0.717) is 16.8 Å². The van der Waals surface area contributed by atoms with Crippen LogP contribution in [-0.4, -0.2) is 30.3 Å². The van der Waals surface area contributed by atoms with Crippen molar-refractivity contribution < 1.29 is 4.79 Å². The molecule has 1 amide bonds. The topological polar surface area (TPSA) is 101 Å². The van der Waals surface area contributed by atoms with Gasteiger partial charge < -0.3 is 5.32 Å². The van der Waals surface area contributed by atoms with Gasteiger partial charge in [0.1, 0.15) is 6.07 Å². The summed E-state index contributed by atoms with van der Waals surface area (Å²) in [7, 11) is 1.86. The number of hydrogen-bond acceptors (Lipinski definition) is 5. The predicted molar refractivity (Wildman–Crippen MR) is 114 cm³/mol. The van der Waals surface area contributed by atoms with Crippen molar-refractivity contribution in [3.8, 4) is 17.2 Å². The van der Waals surface area contributed by atoms with Gasteiger partial charge in [-0.1, -0.05) is 18.7 Å². The Morgan fingerprint density at radius 3 is 2.73 bits per heavy atom. The molecule has 0 aliphatic carbocycles. The molecule has 4 aromatic rings. The van der Waals surface area contributed by atoms with Gasteiger partial charge >= 0.3 is 0 Å². The predicted octanol–water partition coefficient (Wildman–Crippen LogP) is 3.30. The van der Waals surface area contributed by atoms with Gasteiger partial charge in [0, 0.05) is 42.3 Å². The largest absolute Gasteiger partial charge is 0.321 e. The van der Waals surface area contributed by atoms with E-state index in [1.54, 1.807) is 40.1 Å². The number of pyridine rings is 2. The van der Waals surface area contributed by atoms with Crippen molar-refractivity contribution in [2.75, 3.05) is 5.32 Å². The molecule has 1 N–H and O–H groups in total. The number of carbonyl (C=O) groups excluding carboxylic acids is 1. The number of carbonyl (C=O) groups is 1. The highest BCUT2D eigenvalue weighted by Gasteiger charge is 2.11. The van der Waals surface area contributed by atoms with Crippen LogP contribution in [0.5, 0.6) is 0 Å². The molecule has 0 saturated carbocycles. The fourth-order valence-corrected chi connectivity index (χ4v) is 3.09. The normalized spacial score (nSPS) is 10.9. The van der Waals surface area contributed by atoms with E-state index in [-0.39, 0.29) is 5.91 Å². The molecule has 0 radical (unpaired) electrons. The average molecular weight is 395 g/mol. The van der Waals surface area contributed by atoms with E-state index in [4.69, 9.17) is 0 Å². The molecule has 0 unspecified atom stereocenters. The molecule has 0 aliphatic heterocycles. The molecule has 4 aromatic heterocycles. The minimum Gasteiger partial charge on any atom is -0.321 e. The Balaban J connectivity index is 1.77. The second-order valence-corrected chi connectivity index (χ2v) is 6.58. The first-order valence-corrected chi connectivity index (χ1v) is 9.04. The van der Waals surface area contributed by atoms with E-state index in [9.17, 15) is 10.1 Å². The summed E-state index contributed by atoms with van der Waals surface area (Å²) in [6, 6.07) is 5.97. The number of aryl methyl sites for hydroxylation is 1. The lowest BCUT2D eigenvalue weighted by atomic mass is 10.1. The summed E-state index contributed by atoms with van der Waals surface area (Å²) >= 11 is 0. The van der Waals surface area contributed by atoms with Crippen LogP contribution in [0.25, 0.3) is 28.8 Å². The summed E-state index contributed by atoms with van der Waals surface area (Å²) in [4.78, 5) is 15.7. The van der Waals surface area contributed by atoms with Crippen LogP contribution in [0.2, 0.25) is 0 Å². The zero-order valence-corrected chi connectivity index (χ0v) is 16.1. The van der Waals surface area contributed by atoms with Gasteiger partial charge in [0.25, 0.3) is 0 Å². The molecule has 0 saturated heterocycles. The average Bonchev–Trinajstić information content (AvgIpc) is 3.38. The molecule has 0 aromatic carbocycles. The van der Waals surface area contributed by atoms with E-state index in [2.05, 4.69) is 33.1 Å². The number of amides is 1. The number of fused-ring (bicyclic) bond motifs is 1. The first-order chi connectivity index (χ1) is 14.6. The molecule has 0 aliphatic rings. The maximum Gasteiger partial charge on any atom is 0.247 e. The van der Waals surface area contributed by atoms with Crippen LogP contribution >= 0.6 is 0 Å². The Bertz CT molecular complexity index is 1340. The lowest BCUT2D eigenvalue weighted by molar-refractivity contribution is -0.111. The lowest BCUT2D eigenvalue weighted by Gasteiger charge is -2.05. The molecule has 0 spiro atoms. The minimum absolute atomic E-state index is 0.304. The molecule has 0 fully saturated rings. The summed E-state index contributed by atoms with van der Waals surface area (Å²) < 4.78 is 3.42. The van der Waals surface area contributed by atoms with Crippen LogP contribution < -0.4 is 5.32 Å². The smallest absolute Gasteiger partial charge is 0.247 e. The van der Waals surface area contributed by atoms with Gasteiger partial charge in [-0.2, -0.15) is 15.5 Å². The van der Waals surface area contributed by atoms with Crippen molar-refractivity contribution in [2.24, 2.45) is 7.05 Å². The Morgan fingerprint density at radius 1 is 1.13 bits per heavy atom. The molecule has 146 valence electrons. The van der Waals surface area contributed by atoms with Crippen molar-refractivity contribution in [2.45, 2.75) is 0 Å². The highest BCUT2D eigenvalue weighted by atomic mass is 16.1. The summed E-state index contributed by atoms with van der Waals surface area (Å²) in [5.41, 5.74) is 5.25. The molecular weight excluding hydrogens is 378 g/mol. The van der Waals surface area contributed by atoms with Crippen LogP contribution in [0, 0.1) is 11.3 Å². The van der Waals surface area contributed by atoms with Crippen LogP contribution in [-0.2, 0) is 11.8 Å². The van der Waals surface area contributed by atoms with Gasteiger partial charge in [-0.15, -0.1) is 0 Å². The third kappa shape index (κ3) is 3.72. The second kappa shape index (κ2) is 7.85. The first-order valence-electron chi connectivity index (χ1n) is 9.04. The van der Waals surface area contributed by atoms with Gasteiger partial charge in [0.2, 0.25) is 5.91 Å². The summed E-state index contributed by atoms with van der Waals surface area (Å²) in [5, 5.41) is 20.7. The lowest BCUT2D eigenvalue weighted by Crippen LogP contribution is -2.07. The Morgan fingerprint density at radius 2 is 2.00 bits per heavy atom. The molecule has 4 heterocycles. The maximum atomic E-state index is 11.5. The van der Waals surface area contributed by atoms with Crippen molar-refractivity contribution in [1.29, 1.82) is 5.26 Å². The van der Waals surface area contributed by atoms with E-state index in [1.807, 2.05) is 37.7 Å². The van der Waals surface area contributed by atoms with Crippen molar-refractivity contribution in [3.05, 3.63) is 78.7 Å². The molecule has 0 bridgehead atoms. The number of nitrogens with one attached hydrogen (secondary N) is 1. The maximum absolute atomic E-state index is 11.5. The molecule has 8 nitrogen and oxygen atoms in total. The summed E-state index contributed by atoms with van der Waals surface area (Å²) in [6.07, 6.45) is 15.3. The molecule has 30 heavy (non-hydrogen) atoms.